The largest absolute Gasteiger partial charge is 0.463 e. The van der Waals surface area contributed by atoms with Gasteiger partial charge in [0.2, 0.25) is 5.91 Å². The Hall–Kier alpha value is -3.59. The average Bonchev–Trinajstić information content (AvgIpc) is 3.39. The van der Waals surface area contributed by atoms with Gasteiger partial charge in [-0.15, -0.1) is 11.3 Å². The van der Waals surface area contributed by atoms with Crippen molar-refractivity contribution < 1.29 is 9.21 Å². The average molecular weight is 407 g/mol. The minimum absolute atomic E-state index is 0.180. The van der Waals surface area contributed by atoms with E-state index in [9.17, 15) is 9.59 Å². The lowest BCUT2D eigenvalue weighted by Gasteiger charge is -2.07. The van der Waals surface area contributed by atoms with Crippen LogP contribution in [0, 0.1) is 6.92 Å². The van der Waals surface area contributed by atoms with E-state index >= 15 is 0 Å². The van der Waals surface area contributed by atoms with Crippen molar-refractivity contribution in [2.75, 3.05) is 0 Å². The zero-order valence-electron chi connectivity index (χ0n) is 15.5. The maximum Gasteiger partial charge on any atom is 0.267 e. The van der Waals surface area contributed by atoms with Gasteiger partial charge in [0, 0.05) is 28.9 Å². The SMILES string of the molecule is Cc1nc(-c2cccnc2)sc1CNC(=O)Cn1nc(-c2ccco2)ccc1=O. The number of aromatic nitrogens is 4. The van der Waals surface area contributed by atoms with Crippen molar-refractivity contribution in [3.8, 4) is 22.0 Å². The van der Waals surface area contributed by atoms with E-state index in [1.165, 1.54) is 23.7 Å². The van der Waals surface area contributed by atoms with Gasteiger partial charge in [-0.2, -0.15) is 5.10 Å². The molecule has 0 radical (unpaired) electrons. The van der Waals surface area contributed by atoms with Gasteiger partial charge in [0.15, 0.2) is 5.76 Å². The van der Waals surface area contributed by atoms with Gasteiger partial charge in [0.1, 0.15) is 17.2 Å². The quantitative estimate of drug-likeness (QED) is 0.527. The van der Waals surface area contributed by atoms with Crippen LogP contribution in [0.2, 0.25) is 0 Å². The molecule has 0 aliphatic rings. The topological polar surface area (TPSA) is 103 Å². The lowest BCUT2D eigenvalue weighted by Crippen LogP contribution is -2.33. The summed E-state index contributed by atoms with van der Waals surface area (Å²) in [5, 5.41) is 7.88. The van der Waals surface area contributed by atoms with E-state index in [2.05, 4.69) is 20.4 Å². The molecule has 0 saturated heterocycles. The van der Waals surface area contributed by atoms with Gasteiger partial charge >= 0.3 is 0 Å². The predicted molar refractivity (Wildman–Crippen MR) is 108 cm³/mol. The van der Waals surface area contributed by atoms with Crippen LogP contribution in [-0.4, -0.2) is 25.7 Å². The van der Waals surface area contributed by atoms with Crippen molar-refractivity contribution in [3.63, 3.8) is 0 Å². The summed E-state index contributed by atoms with van der Waals surface area (Å²) in [5.74, 6) is 0.217. The summed E-state index contributed by atoms with van der Waals surface area (Å²) < 4.78 is 6.41. The summed E-state index contributed by atoms with van der Waals surface area (Å²) in [6.45, 7) is 2.05. The Morgan fingerprint density at radius 3 is 2.90 bits per heavy atom. The monoisotopic (exact) mass is 407 g/mol. The van der Waals surface area contributed by atoms with Gasteiger partial charge in [0.25, 0.3) is 5.56 Å². The molecule has 4 aromatic rings. The molecule has 8 nitrogen and oxygen atoms in total. The van der Waals surface area contributed by atoms with E-state index in [0.29, 0.717) is 18.0 Å². The van der Waals surface area contributed by atoms with Crippen LogP contribution in [0.25, 0.3) is 22.0 Å². The second-order valence-electron chi connectivity index (χ2n) is 6.24. The molecule has 0 saturated carbocycles. The second kappa shape index (κ2) is 8.19. The lowest BCUT2D eigenvalue weighted by atomic mass is 10.3. The normalized spacial score (nSPS) is 10.8. The molecule has 0 aromatic carbocycles. The second-order valence-corrected chi connectivity index (χ2v) is 7.32. The van der Waals surface area contributed by atoms with E-state index in [0.717, 1.165) is 25.8 Å². The fourth-order valence-corrected chi connectivity index (χ4v) is 3.69. The zero-order chi connectivity index (χ0) is 20.2. The van der Waals surface area contributed by atoms with Crippen molar-refractivity contribution in [2.45, 2.75) is 20.0 Å². The summed E-state index contributed by atoms with van der Waals surface area (Å²) >= 11 is 1.50. The lowest BCUT2D eigenvalue weighted by molar-refractivity contribution is -0.122. The first-order valence-corrected chi connectivity index (χ1v) is 9.67. The molecule has 0 bridgehead atoms. The van der Waals surface area contributed by atoms with E-state index < -0.39 is 0 Å². The van der Waals surface area contributed by atoms with E-state index in [4.69, 9.17) is 4.42 Å². The number of thiazole rings is 1. The number of furan rings is 1. The van der Waals surface area contributed by atoms with Crippen molar-refractivity contribution in [3.05, 3.63) is 76.0 Å². The van der Waals surface area contributed by atoms with Gasteiger partial charge in [-0.1, -0.05) is 0 Å². The number of hydrogen-bond acceptors (Lipinski definition) is 7. The van der Waals surface area contributed by atoms with Crippen molar-refractivity contribution in [1.82, 2.24) is 25.1 Å². The summed E-state index contributed by atoms with van der Waals surface area (Å²) in [5.41, 5.74) is 1.91. The fourth-order valence-electron chi connectivity index (χ4n) is 2.69. The van der Waals surface area contributed by atoms with Crippen LogP contribution in [-0.2, 0) is 17.9 Å². The molecule has 146 valence electrons. The highest BCUT2D eigenvalue weighted by Crippen LogP contribution is 2.27. The first-order chi connectivity index (χ1) is 14.1. The molecule has 0 unspecified atom stereocenters. The van der Waals surface area contributed by atoms with Crippen LogP contribution in [0.4, 0.5) is 0 Å². The van der Waals surface area contributed by atoms with Gasteiger partial charge in [-0.25, -0.2) is 9.67 Å². The third-order valence-corrected chi connectivity index (χ3v) is 5.39. The van der Waals surface area contributed by atoms with Crippen LogP contribution in [0.15, 0.2) is 64.3 Å². The number of amides is 1. The van der Waals surface area contributed by atoms with Gasteiger partial charge in [-0.3, -0.25) is 14.6 Å². The Morgan fingerprint density at radius 1 is 1.24 bits per heavy atom. The number of pyridine rings is 1. The first-order valence-electron chi connectivity index (χ1n) is 8.85. The summed E-state index contributed by atoms with van der Waals surface area (Å²) in [6, 6.07) is 10.2. The number of nitrogens with zero attached hydrogens (tertiary/aromatic N) is 4. The third kappa shape index (κ3) is 4.30. The summed E-state index contributed by atoms with van der Waals surface area (Å²) in [6.07, 6.45) is 4.99. The maximum atomic E-state index is 12.4. The molecule has 9 heteroatoms. The number of nitrogens with one attached hydrogen (secondary N) is 1. The van der Waals surface area contributed by atoms with Crippen LogP contribution in [0.3, 0.4) is 0 Å². The Balaban J connectivity index is 1.43. The standard InChI is InChI=1S/C20H17N5O3S/c1-13-17(29-20(23-13)14-4-2-8-21-10-14)11-22-18(26)12-25-19(27)7-6-15(24-25)16-5-3-9-28-16/h2-10H,11-12H2,1H3,(H,22,26). The van der Waals surface area contributed by atoms with E-state index in [-0.39, 0.29) is 18.0 Å². The molecule has 1 N–H and O–H groups in total. The zero-order valence-corrected chi connectivity index (χ0v) is 16.3. The van der Waals surface area contributed by atoms with Crippen molar-refractivity contribution in [1.29, 1.82) is 0 Å². The Kier molecular flexibility index (Phi) is 5.30. The predicted octanol–water partition coefficient (Wildman–Crippen LogP) is 2.65. The Bertz CT molecular complexity index is 1180. The first kappa shape index (κ1) is 18.8. The summed E-state index contributed by atoms with van der Waals surface area (Å²) in [7, 11) is 0. The van der Waals surface area contributed by atoms with Crippen molar-refractivity contribution >= 4 is 17.2 Å². The van der Waals surface area contributed by atoms with Crippen molar-refractivity contribution in [2.24, 2.45) is 0 Å². The number of carbonyl (C=O) groups excluding carboxylic acids is 1. The molecule has 0 spiro atoms. The minimum Gasteiger partial charge on any atom is -0.463 e. The molecule has 0 fully saturated rings. The molecule has 0 aliphatic heterocycles. The molecule has 4 rings (SSSR count). The molecule has 0 atom stereocenters. The molecule has 4 aromatic heterocycles. The summed E-state index contributed by atoms with van der Waals surface area (Å²) in [4.78, 5) is 34.0. The highest BCUT2D eigenvalue weighted by Gasteiger charge is 2.12. The highest BCUT2D eigenvalue weighted by molar-refractivity contribution is 7.15. The number of hydrogen-bond donors (Lipinski definition) is 1. The molecule has 4 heterocycles. The van der Waals surface area contributed by atoms with Gasteiger partial charge in [0.05, 0.1) is 18.5 Å². The maximum absolute atomic E-state index is 12.4. The molecular weight excluding hydrogens is 390 g/mol. The van der Waals surface area contributed by atoms with Crippen LogP contribution < -0.4 is 10.9 Å². The number of aryl methyl sites for hydroxylation is 1. The number of carbonyl (C=O) groups is 1. The number of rotatable bonds is 6. The Morgan fingerprint density at radius 2 is 2.14 bits per heavy atom. The van der Waals surface area contributed by atoms with Gasteiger partial charge in [-0.05, 0) is 37.3 Å². The third-order valence-electron chi connectivity index (χ3n) is 4.18. The van der Waals surface area contributed by atoms with E-state index in [1.54, 1.807) is 30.6 Å². The van der Waals surface area contributed by atoms with Crippen LogP contribution in [0.1, 0.15) is 10.6 Å². The minimum atomic E-state index is -0.358. The van der Waals surface area contributed by atoms with Crippen LogP contribution >= 0.6 is 11.3 Å². The van der Waals surface area contributed by atoms with E-state index in [1.807, 2.05) is 19.1 Å². The molecule has 0 aliphatic carbocycles. The molecular formula is C20H17N5O3S. The van der Waals surface area contributed by atoms with Crippen LogP contribution in [0.5, 0.6) is 0 Å². The fraction of sp³-hybridized carbons (Fsp3) is 0.150. The smallest absolute Gasteiger partial charge is 0.267 e. The van der Waals surface area contributed by atoms with Gasteiger partial charge < -0.3 is 9.73 Å². The highest BCUT2D eigenvalue weighted by atomic mass is 32.1. The molecule has 29 heavy (non-hydrogen) atoms. The molecule has 1 amide bonds. The Labute approximate surface area is 169 Å².